The molecule has 0 radical (unpaired) electrons. The van der Waals surface area contributed by atoms with Crippen LogP contribution in [-0.4, -0.2) is 23.9 Å². The second-order valence-corrected chi connectivity index (χ2v) is 6.61. The summed E-state index contributed by atoms with van der Waals surface area (Å²) in [6, 6.07) is 19.3. The van der Waals surface area contributed by atoms with Crippen molar-refractivity contribution >= 4 is 5.71 Å². The topological polar surface area (TPSA) is 12.2 Å². The highest BCUT2D eigenvalue weighted by Crippen LogP contribution is 2.26. The van der Waals surface area contributed by atoms with Crippen LogP contribution in [0.3, 0.4) is 0 Å². The highest BCUT2D eigenvalue weighted by atomic mass is 19.1. The van der Waals surface area contributed by atoms with Crippen LogP contribution in [0.25, 0.3) is 0 Å². The minimum atomic E-state index is -0.283. The number of fused-ring (bicyclic) bond motifs is 1. The Bertz CT molecular complexity index is 1030. The third kappa shape index (κ3) is 3.35. The summed E-state index contributed by atoms with van der Waals surface area (Å²) in [4.78, 5) is 0. The Labute approximate surface area is 157 Å². The smallest absolute Gasteiger partial charge is 0.218 e. The van der Waals surface area contributed by atoms with Crippen molar-refractivity contribution in [3.63, 3.8) is 0 Å². The second kappa shape index (κ2) is 7.31. The third-order valence-corrected chi connectivity index (χ3v) is 4.98. The molecule has 0 saturated heterocycles. The molecule has 3 aromatic rings. The second-order valence-electron chi connectivity index (χ2n) is 6.61. The molecule has 0 N–H and O–H groups in total. The summed E-state index contributed by atoms with van der Waals surface area (Å²) in [6.07, 6.45) is 0.791. The van der Waals surface area contributed by atoms with Crippen LogP contribution in [0.2, 0.25) is 0 Å². The van der Waals surface area contributed by atoms with Gasteiger partial charge >= 0.3 is 0 Å². The van der Waals surface area contributed by atoms with Crippen LogP contribution in [0.5, 0.6) is 5.75 Å². The minimum absolute atomic E-state index is 0.245. The van der Waals surface area contributed by atoms with Crippen LogP contribution in [0.15, 0.2) is 66.7 Å². The van der Waals surface area contributed by atoms with Crippen molar-refractivity contribution in [3.05, 3.63) is 101 Å². The molecule has 1 aliphatic heterocycles. The van der Waals surface area contributed by atoms with Crippen LogP contribution >= 0.6 is 0 Å². The zero-order chi connectivity index (χ0) is 18.8. The first kappa shape index (κ1) is 17.4. The van der Waals surface area contributed by atoms with Gasteiger partial charge in [0.1, 0.15) is 23.9 Å². The summed E-state index contributed by atoms with van der Waals surface area (Å²) in [5, 5.41) is 0. The minimum Gasteiger partial charge on any atom is -0.497 e. The largest absolute Gasteiger partial charge is 0.497 e. The van der Waals surface area contributed by atoms with Crippen LogP contribution in [-0.2, 0) is 13.0 Å². The molecule has 0 amide bonds. The molecule has 0 bridgehead atoms. The number of benzene rings is 3. The third-order valence-electron chi connectivity index (χ3n) is 4.98. The first-order valence-corrected chi connectivity index (χ1v) is 8.95. The van der Waals surface area contributed by atoms with Crippen LogP contribution < -0.4 is 4.74 Å². The van der Waals surface area contributed by atoms with E-state index in [1.807, 2.05) is 30.3 Å². The lowest BCUT2D eigenvalue weighted by atomic mass is 9.91. The molecule has 3 aromatic carbocycles. The zero-order valence-electron chi connectivity index (χ0n) is 15.1. The summed E-state index contributed by atoms with van der Waals surface area (Å²) in [6.45, 7) is 1.07. The normalized spacial score (nSPS) is 13.4. The molecule has 0 spiro atoms. The molecule has 0 aliphatic carbocycles. The van der Waals surface area contributed by atoms with Gasteiger partial charge < -0.3 is 4.74 Å². The van der Waals surface area contributed by atoms with E-state index in [1.54, 1.807) is 31.4 Å². The highest BCUT2D eigenvalue weighted by molar-refractivity contribution is 6.11. The number of hydrogen-bond acceptors (Lipinski definition) is 1. The Balaban J connectivity index is 1.90. The summed E-state index contributed by atoms with van der Waals surface area (Å²) in [5.41, 5.74) is 3.99. The molecule has 0 saturated carbocycles. The van der Waals surface area contributed by atoms with Crippen molar-refractivity contribution in [2.75, 3.05) is 13.7 Å². The number of ether oxygens (including phenoxy) is 1. The maximum atomic E-state index is 14.7. The monoisotopic (exact) mass is 364 g/mol. The van der Waals surface area contributed by atoms with Crippen molar-refractivity contribution in [3.8, 4) is 5.75 Å². The standard InChI is InChI=1S/C23H20F2NO/c1-27-18-10-11-19-16(14-18)12-13-26(15-17-6-2-4-8-21(17)24)23(19)20-7-3-5-9-22(20)25/h2-11,14H,12-13,15H2,1H3/q+1. The zero-order valence-corrected chi connectivity index (χ0v) is 15.1. The van der Waals surface area contributed by atoms with Crippen LogP contribution in [0.1, 0.15) is 22.3 Å². The van der Waals surface area contributed by atoms with E-state index in [2.05, 4.69) is 4.58 Å². The molecule has 1 heterocycles. The van der Waals surface area contributed by atoms with Gasteiger partial charge in [0.25, 0.3) is 0 Å². The van der Waals surface area contributed by atoms with Gasteiger partial charge in [0.2, 0.25) is 5.71 Å². The van der Waals surface area contributed by atoms with Crippen molar-refractivity contribution in [2.45, 2.75) is 13.0 Å². The average Bonchev–Trinajstić information content (AvgIpc) is 2.70. The maximum Gasteiger partial charge on any atom is 0.218 e. The highest BCUT2D eigenvalue weighted by Gasteiger charge is 2.30. The van der Waals surface area contributed by atoms with E-state index in [4.69, 9.17) is 4.74 Å². The predicted octanol–water partition coefficient (Wildman–Crippen LogP) is 4.58. The Hall–Kier alpha value is -3.01. The molecule has 1 aliphatic rings. The quantitative estimate of drug-likeness (QED) is 0.617. The van der Waals surface area contributed by atoms with Gasteiger partial charge in [-0.15, -0.1) is 0 Å². The fraction of sp³-hybridized carbons (Fsp3) is 0.174. The molecule has 0 atom stereocenters. The molecule has 0 fully saturated rings. The van der Waals surface area contributed by atoms with Crippen LogP contribution in [0, 0.1) is 11.6 Å². The summed E-state index contributed by atoms with van der Waals surface area (Å²) < 4.78 is 36.3. The Kier molecular flexibility index (Phi) is 4.71. The number of nitrogens with zero attached hydrogens (tertiary/aromatic N) is 1. The number of rotatable bonds is 4. The molecular formula is C23H20F2NO+. The van der Waals surface area contributed by atoms with Gasteiger partial charge in [0, 0.05) is 6.42 Å². The van der Waals surface area contributed by atoms with Crippen molar-refractivity contribution < 1.29 is 18.1 Å². The number of hydrogen-bond donors (Lipinski definition) is 0. The molecule has 27 heavy (non-hydrogen) atoms. The van der Waals surface area contributed by atoms with E-state index in [9.17, 15) is 8.78 Å². The molecule has 2 nitrogen and oxygen atoms in total. The molecule has 4 rings (SSSR count). The van der Waals surface area contributed by atoms with E-state index >= 15 is 0 Å². The SMILES string of the molecule is COc1ccc2c(c1)CC[N+](Cc1ccccc1F)=C2c1ccccc1F. The molecular weight excluding hydrogens is 344 g/mol. The lowest BCUT2D eigenvalue weighted by molar-refractivity contribution is -0.544. The maximum absolute atomic E-state index is 14.7. The molecule has 4 heteroatoms. The lowest BCUT2D eigenvalue weighted by Crippen LogP contribution is -2.31. The van der Waals surface area contributed by atoms with E-state index in [0.29, 0.717) is 24.2 Å². The van der Waals surface area contributed by atoms with Gasteiger partial charge in [-0.3, -0.25) is 0 Å². The van der Waals surface area contributed by atoms with E-state index in [0.717, 1.165) is 29.0 Å². The Morgan fingerprint density at radius 2 is 1.63 bits per heavy atom. The summed E-state index contributed by atoms with van der Waals surface area (Å²) >= 11 is 0. The fourth-order valence-corrected chi connectivity index (χ4v) is 3.63. The van der Waals surface area contributed by atoms with Gasteiger partial charge in [-0.1, -0.05) is 24.3 Å². The van der Waals surface area contributed by atoms with E-state index < -0.39 is 0 Å². The average molecular weight is 364 g/mol. The fourth-order valence-electron chi connectivity index (χ4n) is 3.63. The van der Waals surface area contributed by atoms with Crippen molar-refractivity contribution in [2.24, 2.45) is 0 Å². The van der Waals surface area contributed by atoms with Crippen molar-refractivity contribution in [1.82, 2.24) is 0 Å². The van der Waals surface area contributed by atoms with E-state index in [-0.39, 0.29) is 11.6 Å². The number of methoxy groups -OCH3 is 1. The number of halogens is 2. The van der Waals surface area contributed by atoms with E-state index in [1.165, 1.54) is 12.1 Å². The van der Waals surface area contributed by atoms with Crippen molar-refractivity contribution in [1.29, 1.82) is 0 Å². The first-order chi connectivity index (χ1) is 13.2. The first-order valence-electron chi connectivity index (χ1n) is 8.95. The molecule has 136 valence electrons. The van der Waals surface area contributed by atoms with Gasteiger partial charge in [-0.05, 0) is 48.0 Å². The molecule has 0 unspecified atom stereocenters. The Morgan fingerprint density at radius 3 is 2.37 bits per heavy atom. The van der Waals surface area contributed by atoms with Gasteiger partial charge in [0.15, 0.2) is 6.54 Å². The summed E-state index contributed by atoms with van der Waals surface area (Å²) in [7, 11) is 1.64. The van der Waals surface area contributed by atoms with Crippen LogP contribution in [0.4, 0.5) is 8.78 Å². The van der Waals surface area contributed by atoms with Gasteiger partial charge in [0.05, 0.1) is 23.8 Å². The van der Waals surface area contributed by atoms with Gasteiger partial charge in [-0.2, -0.15) is 0 Å². The Morgan fingerprint density at radius 1 is 0.889 bits per heavy atom. The lowest BCUT2D eigenvalue weighted by Gasteiger charge is -2.20. The molecule has 0 aromatic heterocycles. The summed E-state index contributed by atoms with van der Waals surface area (Å²) in [5.74, 6) is 0.254. The predicted molar refractivity (Wildman–Crippen MR) is 102 cm³/mol. The van der Waals surface area contributed by atoms with Gasteiger partial charge in [-0.25, -0.2) is 13.4 Å².